The zero-order valence-electron chi connectivity index (χ0n) is 10.9. The molecule has 5 nitrogen and oxygen atoms in total. The van der Waals surface area contributed by atoms with Crippen molar-refractivity contribution in [2.75, 3.05) is 25.9 Å². The Morgan fingerprint density at radius 1 is 1.53 bits per heavy atom. The Balaban J connectivity index is 1.82. The summed E-state index contributed by atoms with van der Waals surface area (Å²) in [5.74, 6) is -0.0173. The van der Waals surface area contributed by atoms with Crippen LogP contribution in [0, 0.1) is 0 Å². The molecule has 1 fully saturated rings. The van der Waals surface area contributed by atoms with Gasteiger partial charge in [-0.05, 0) is 38.2 Å². The minimum atomic E-state index is -0.0173. The highest BCUT2D eigenvalue weighted by Crippen LogP contribution is 2.21. The summed E-state index contributed by atoms with van der Waals surface area (Å²) in [4.78, 5) is 17.6. The number of rotatable bonds is 2. The van der Waals surface area contributed by atoms with Gasteiger partial charge in [0.2, 0.25) is 0 Å². The molecule has 3 rings (SSSR count). The zero-order chi connectivity index (χ0) is 13.4. The highest BCUT2D eigenvalue weighted by atomic mass is 16.1. The molecule has 2 aromatic rings. The van der Waals surface area contributed by atoms with Gasteiger partial charge in [0.25, 0.3) is 5.91 Å². The molecule has 1 unspecified atom stereocenters. The number of amides is 1. The summed E-state index contributed by atoms with van der Waals surface area (Å²) in [6.07, 6.45) is 2.76. The Kier molecular flexibility index (Phi) is 2.91. The van der Waals surface area contributed by atoms with E-state index in [-0.39, 0.29) is 11.9 Å². The Hall–Kier alpha value is -2.01. The van der Waals surface area contributed by atoms with Crippen LogP contribution in [0.3, 0.4) is 0 Å². The summed E-state index contributed by atoms with van der Waals surface area (Å²) in [6, 6.07) is 5.79. The molecule has 1 amide bonds. The van der Waals surface area contributed by atoms with Crippen LogP contribution < -0.4 is 11.1 Å². The summed E-state index contributed by atoms with van der Waals surface area (Å²) < 4.78 is 0. The van der Waals surface area contributed by atoms with Crippen molar-refractivity contribution in [3.05, 3.63) is 30.0 Å². The predicted octanol–water partition coefficient (Wildman–Crippen LogP) is 1.18. The van der Waals surface area contributed by atoms with Crippen LogP contribution in [-0.4, -0.2) is 42.0 Å². The van der Waals surface area contributed by atoms with Crippen molar-refractivity contribution in [2.24, 2.45) is 0 Å². The summed E-state index contributed by atoms with van der Waals surface area (Å²) in [6.45, 7) is 1.95. The third-order valence-electron chi connectivity index (χ3n) is 3.68. The number of nitrogens with one attached hydrogen (secondary N) is 2. The van der Waals surface area contributed by atoms with Gasteiger partial charge in [0.1, 0.15) is 0 Å². The molecule has 1 aliphatic heterocycles. The van der Waals surface area contributed by atoms with Gasteiger partial charge >= 0.3 is 0 Å². The third kappa shape index (κ3) is 2.29. The number of nitrogens with zero attached hydrogens (tertiary/aromatic N) is 1. The number of likely N-dealkylation sites (N-methyl/N-ethyl adjacent to an activating group) is 1. The molecule has 1 saturated heterocycles. The first-order chi connectivity index (χ1) is 9.13. The average molecular weight is 258 g/mol. The largest absolute Gasteiger partial charge is 0.399 e. The molecule has 19 heavy (non-hydrogen) atoms. The third-order valence-corrected chi connectivity index (χ3v) is 3.68. The van der Waals surface area contributed by atoms with E-state index in [0.717, 1.165) is 30.4 Å². The van der Waals surface area contributed by atoms with Crippen molar-refractivity contribution in [1.82, 2.24) is 15.2 Å². The van der Waals surface area contributed by atoms with Crippen LogP contribution in [0.25, 0.3) is 10.9 Å². The van der Waals surface area contributed by atoms with Crippen molar-refractivity contribution < 1.29 is 4.79 Å². The number of fused-ring (bicyclic) bond motifs is 1. The second-order valence-corrected chi connectivity index (χ2v) is 5.23. The lowest BCUT2D eigenvalue weighted by molar-refractivity contribution is 0.0940. The molecule has 1 aromatic carbocycles. The van der Waals surface area contributed by atoms with Crippen LogP contribution in [0.2, 0.25) is 0 Å². The monoisotopic (exact) mass is 258 g/mol. The number of benzene rings is 1. The second kappa shape index (κ2) is 4.59. The Morgan fingerprint density at radius 3 is 3.11 bits per heavy atom. The molecule has 0 bridgehead atoms. The van der Waals surface area contributed by atoms with Crippen LogP contribution >= 0.6 is 0 Å². The fourth-order valence-corrected chi connectivity index (χ4v) is 2.65. The van der Waals surface area contributed by atoms with Crippen LogP contribution in [0.1, 0.15) is 16.8 Å². The number of nitrogen functional groups attached to an aromatic ring is 1. The van der Waals surface area contributed by atoms with Gasteiger partial charge in [0, 0.05) is 35.4 Å². The van der Waals surface area contributed by atoms with E-state index in [9.17, 15) is 4.79 Å². The van der Waals surface area contributed by atoms with Gasteiger partial charge in [0.05, 0.1) is 5.56 Å². The van der Waals surface area contributed by atoms with E-state index in [1.54, 1.807) is 6.20 Å². The topological polar surface area (TPSA) is 74.2 Å². The first-order valence-electron chi connectivity index (χ1n) is 6.49. The quantitative estimate of drug-likeness (QED) is 0.708. The van der Waals surface area contributed by atoms with E-state index in [2.05, 4.69) is 22.2 Å². The molecule has 1 aromatic heterocycles. The van der Waals surface area contributed by atoms with Crippen molar-refractivity contribution in [3.63, 3.8) is 0 Å². The zero-order valence-corrected chi connectivity index (χ0v) is 10.9. The van der Waals surface area contributed by atoms with Crippen molar-refractivity contribution in [2.45, 2.75) is 12.5 Å². The van der Waals surface area contributed by atoms with Gasteiger partial charge in [0.15, 0.2) is 0 Å². The van der Waals surface area contributed by atoms with Crippen LogP contribution in [-0.2, 0) is 0 Å². The number of likely N-dealkylation sites (tertiary alicyclic amines) is 1. The van der Waals surface area contributed by atoms with Gasteiger partial charge in [-0.3, -0.25) is 4.79 Å². The van der Waals surface area contributed by atoms with Gasteiger partial charge in [-0.1, -0.05) is 0 Å². The van der Waals surface area contributed by atoms with E-state index in [4.69, 9.17) is 5.73 Å². The lowest BCUT2D eigenvalue weighted by Gasteiger charge is -2.12. The Labute approximate surface area is 111 Å². The first kappa shape index (κ1) is 12.0. The standard InChI is InChI=1S/C14H18N4O/c1-18-5-4-10(8-18)17-14(19)12-7-16-13-6-9(15)2-3-11(12)13/h2-3,6-7,10,16H,4-5,8,15H2,1H3,(H,17,19). The summed E-state index contributed by atoms with van der Waals surface area (Å²) in [5, 5.41) is 4.00. The van der Waals surface area contributed by atoms with Gasteiger partial charge in [-0.2, -0.15) is 0 Å². The van der Waals surface area contributed by atoms with E-state index in [1.807, 2.05) is 18.2 Å². The number of carbonyl (C=O) groups is 1. The summed E-state index contributed by atoms with van der Waals surface area (Å²) in [5.41, 5.74) is 8.01. The lowest BCUT2D eigenvalue weighted by Crippen LogP contribution is -2.36. The predicted molar refractivity (Wildman–Crippen MR) is 76.1 cm³/mol. The number of nitrogens with two attached hydrogens (primary N) is 1. The maximum absolute atomic E-state index is 12.3. The van der Waals surface area contributed by atoms with Crippen molar-refractivity contribution >= 4 is 22.5 Å². The van der Waals surface area contributed by atoms with Crippen LogP contribution in [0.15, 0.2) is 24.4 Å². The maximum atomic E-state index is 12.3. The molecular weight excluding hydrogens is 240 g/mol. The fourth-order valence-electron chi connectivity index (χ4n) is 2.65. The molecular formula is C14H18N4O. The first-order valence-corrected chi connectivity index (χ1v) is 6.49. The number of aromatic amines is 1. The molecule has 4 N–H and O–H groups in total. The minimum absolute atomic E-state index is 0.0173. The highest BCUT2D eigenvalue weighted by molar-refractivity contribution is 6.07. The SMILES string of the molecule is CN1CCC(NC(=O)c2c[nH]c3cc(N)ccc23)C1. The number of anilines is 1. The van der Waals surface area contributed by atoms with Gasteiger partial charge in [-0.15, -0.1) is 0 Å². The van der Waals surface area contributed by atoms with Crippen molar-refractivity contribution in [1.29, 1.82) is 0 Å². The Morgan fingerprint density at radius 2 is 2.37 bits per heavy atom. The number of carbonyl (C=O) groups excluding carboxylic acids is 1. The van der Waals surface area contributed by atoms with Crippen LogP contribution in [0.4, 0.5) is 5.69 Å². The van der Waals surface area contributed by atoms with Gasteiger partial charge in [-0.25, -0.2) is 0 Å². The molecule has 1 aliphatic rings. The fraction of sp³-hybridized carbons (Fsp3) is 0.357. The van der Waals surface area contributed by atoms with Crippen LogP contribution in [0.5, 0.6) is 0 Å². The molecule has 0 radical (unpaired) electrons. The summed E-state index contributed by atoms with van der Waals surface area (Å²) in [7, 11) is 2.07. The minimum Gasteiger partial charge on any atom is -0.399 e. The molecule has 0 spiro atoms. The van der Waals surface area contributed by atoms with E-state index in [1.165, 1.54) is 0 Å². The number of H-pyrrole nitrogens is 1. The smallest absolute Gasteiger partial charge is 0.253 e. The second-order valence-electron chi connectivity index (χ2n) is 5.23. The lowest BCUT2D eigenvalue weighted by atomic mass is 10.1. The highest BCUT2D eigenvalue weighted by Gasteiger charge is 2.22. The molecule has 2 heterocycles. The number of hydrogen-bond acceptors (Lipinski definition) is 3. The van der Waals surface area contributed by atoms with E-state index in [0.29, 0.717) is 11.3 Å². The van der Waals surface area contributed by atoms with E-state index >= 15 is 0 Å². The number of aromatic nitrogens is 1. The summed E-state index contributed by atoms with van der Waals surface area (Å²) >= 11 is 0. The molecule has 0 saturated carbocycles. The molecule has 0 aliphatic carbocycles. The van der Waals surface area contributed by atoms with E-state index < -0.39 is 0 Å². The average Bonchev–Trinajstić information content (AvgIpc) is 2.95. The number of hydrogen-bond donors (Lipinski definition) is 3. The van der Waals surface area contributed by atoms with Gasteiger partial charge < -0.3 is 20.9 Å². The normalized spacial score (nSPS) is 19.9. The molecule has 100 valence electrons. The molecule has 5 heteroatoms. The maximum Gasteiger partial charge on any atom is 0.253 e. The molecule has 1 atom stereocenters. The Bertz CT molecular complexity index is 619. The van der Waals surface area contributed by atoms with Crippen molar-refractivity contribution in [3.8, 4) is 0 Å².